The van der Waals surface area contributed by atoms with Crippen molar-refractivity contribution < 1.29 is 46.8 Å². The molecule has 0 aromatic heterocycles. The molecule has 2 N–H and O–H groups in total. The number of carbonyl (C=O) groups excluding carboxylic acids is 1. The molecule has 230 valence electrons. The molecule has 1 amide bonds. The van der Waals surface area contributed by atoms with Crippen LogP contribution in [-0.4, -0.2) is 94.8 Å². The maximum atomic E-state index is 13.8. The van der Waals surface area contributed by atoms with E-state index in [0.29, 0.717) is 38.4 Å². The van der Waals surface area contributed by atoms with Crippen LogP contribution in [0.3, 0.4) is 0 Å². The molecule has 42 heavy (non-hydrogen) atoms. The third-order valence-corrected chi connectivity index (χ3v) is 9.35. The Kier molecular flexibility index (Phi) is 10.3. The second-order valence-electron chi connectivity index (χ2n) is 10.6. The van der Waals surface area contributed by atoms with Crippen molar-refractivity contribution in [2.45, 2.75) is 61.2 Å². The van der Waals surface area contributed by atoms with Crippen molar-refractivity contribution in [3.63, 3.8) is 0 Å². The Bertz CT molecular complexity index is 1260. The van der Waals surface area contributed by atoms with E-state index in [4.69, 9.17) is 28.5 Å². The molecule has 0 spiro atoms. The zero-order valence-corrected chi connectivity index (χ0v) is 24.3. The highest BCUT2D eigenvalue weighted by Gasteiger charge is 2.44. The Morgan fingerprint density at radius 2 is 1.79 bits per heavy atom. The van der Waals surface area contributed by atoms with Gasteiger partial charge in [-0.2, -0.15) is 0 Å². The molecule has 2 aromatic rings. The van der Waals surface area contributed by atoms with Crippen LogP contribution in [0.2, 0.25) is 0 Å². The molecular formula is C29H38N2O10S. The molecule has 0 saturated carbocycles. The van der Waals surface area contributed by atoms with Gasteiger partial charge in [-0.3, -0.25) is 4.84 Å². The zero-order chi connectivity index (χ0) is 29.5. The lowest BCUT2D eigenvalue weighted by molar-refractivity contribution is -0.170. The van der Waals surface area contributed by atoms with Crippen molar-refractivity contribution >= 4 is 16.1 Å². The topological polar surface area (TPSA) is 142 Å². The number of sulfonamides is 1. The minimum absolute atomic E-state index is 0.0240. The van der Waals surface area contributed by atoms with Crippen molar-refractivity contribution in [3.05, 3.63) is 60.2 Å². The van der Waals surface area contributed by atoms with Crippen LogP contribution in [0.25, 0.3) is 0 Å². The fourth-order valence-electron chi connectivity index (χ4n) is 5.31. The molecule has 12 nitrogen and oxygen atoms in total. The number of ether oxygens (including phenoxy) is 5. The minimum atomic E-state index is -4.20. The first kappa shape index (κ1) is 30.7. The quantitative estimate of drug-likeness (QED) is 0.346. The summed E-state index contributed by atoms with van der Waals surface area (Å²) >= 11 is 0. The Hall–Kier alpha value is -2.78. The lowest BCUT2D eigenvalue weighted by Gasteiger charge is -2.32. The van der Waals surface area contributed by atoms with Crippen LogP contribution in [0.15, 0.2) is 59.5 Å². The van der Waals surface area contributed by atoms with E-state index in [9.17, 15) is 18.3 Å². The van der Waals surface area contributed by atoms with Gasteiger partial charge in [0.2, 0.25) is 0 Å². The average Bonchev–Trinajstić information content (AvgIpc) is 3.63. The zero-order valence-electron chi connectivity index (χ0n) is 23.5. The highest BCUT2D eigenvalue weighted by Crippen LogP contribution is 2.33. The van der Waals surface area contributed by atoms with Gasteiger partial charge in [-0.1, -0.05) is 34.8 Å². The number of fused-ring (bicyclic) bond motifs is 1. The van der Waals surface area contributed by atoms with E-state index in [1.165, 1.54) is 19.2 Å². The van der Waals surface area contributed by atoms with Gasteiger partial charge < -0.3 is 34.1 Å². The Morgan fingerprint density at radius 1 is 1.05 bits per heavy atom. The second-order valence-corrected chi connectivity index (χ2v) is 12.4. The lowest BCUT2D eigenvalue weighted by atomic mass is 10.0. The number of carbonyl (C=O) groups is 1. The molecule has 3 aliphatic rings. The van der Waals surface area contributed by atoms with Crippen molar-refractivity contribution in [3.8, 4) is 5.75 Å². The highest BCUT2D eigenvalue weighted by molar-refractivity contribution is 7.89. The smallest absolute Gasteiger partial charge is 0.407 e. The first-order valence-electron chi connectivity index (χ1n) is 14.2. The van der Waals surface area contributed by atoms with Gasteiger partial charge >= 0.3 is 6.09 Å². The molecule has 0 unspecified atom stereocenters. The van der Waals surface area contributed by atoms with E-state index in [1.54, 1.807) is 12.1 Å². The van der Waals surface area contributed by atoms with Crippen molar-refractivity contribution in [2.24, 2.45) is 5.92 Å². The maximum absolute atomic E-state index is 13.8. The SMILES string of the molecule is COc1ccc(S(=O)(=O)N(C[C@H](O)[C@H](Cc2ccccc2)NC(=O)O[C@H]2CO[C@H]3OCC[C@H]32)OC2CCOCC2)cc1. The molecule has 5 rings (SSSR count). The number of alkyl carbamates (subject to hydrolysis) is 1. The third kappa shape index (κ3) is 7.59. The number of rotatable bonds is 12. The molecule has 13 heteroatoms. The van der Waals surface area contributed by atoms with Crippen LogP contribution >= 0.6 is 0 Å². The summed E-state index contributed by atoms with van der Waals surface area (Å²) in [5, 5.41) is 14.2. The van der Waals surface area contributed by atoms with Crippen LogP contribution in [-0.2, 0) is 40.2 Å². The Balaban J connectivity index is 1.34. The largest absolute Gasteiger partial charge is 0.497 e. The minimum Gasteiger partial charge on any atom is -0.497 e. The van der Waals surface area contributed by atoms with Crippen molar-refractivity contribution in [1.82, 2.24) is 9.79 Å². The molecule has 3 heterocycles. The van der Waals surface area contributed by atoms with Crippen LogP contribution in [0, 0.1) is 5.92 Å². The maximum Gasteiger partial charge on any atom is 0.407 e. The van der Waals surface area contributed by atoms with E-state index >= 15 is 0 Å². The molecule has 0 bridgehead atoms. The normalized spacial score (nSPS) is 24.2. The molecule has 3 aliphatic heterocycles. The summed E-state index contributed by atoms with van der Waals surface area (Å²) in [6.45, 7) is 1.20. The third-order valence-electron chi connectivity index (χ3n) is 7.71. The van der Waals surface area contributed by atoms with Gasteiger partial charge in [0.05, 0.1) is 55.9 Å². The molecule has 0 radical (unpaired) electrons. The highest BCUT2D eigenvalue weighted by atomic mass is 32.2. The van der Waals surface area contributed by atoms with Crippen LogP contribution < -0.4 is 10.1 Å². The lowest BCUT2D eigenvalue weighted by Crippen LogP contribution is -2.52. The molecule has 2 aromatic carbocycles. The number of hydrogen-bond donors (Lipinski definition) is 2. The average molecular weight is 607 g/mol. The summed E-state index contributed by atoms with van der Waals surface area (Å²) in [5.41, 5.74) is 0.838. The summed E-state index contributed by atoms with van der Waals surface area (Å²) in [5.74, 6) is 0.450. The van der Waals surface area contributed by atoms with Gasteiger partial charge in [0.25, 0.3) is 10.0 Å². The number of hydrogen-bond acceptors (Lipinski definition) is 10. The number of hydroxylamine groups is 1. The van der Waals surface area contributed by atoms with E-state index < -0.39 is 47.0 Å². The molecule has 3 fully saturated rings. The summed E-state index contributed by atoms with van der Waals surface area (Å²) in [6, 6.07) is 14.3. The summed E-state index contributed by atoms with van der Waals surface area (Å²) in [4.78, 5) is 19.0. The fraction of sp³-hybridized carbons (Fsp3) is 0.552. The summed E-state index contributed by atoms with van der Waals surface area (Å²) in [7, 11) is -2.71. The monoisotopic (exact) mass is 606 g/mol. The predicted molar refractivity (Wildman–Crippen MR) is 149 cm³/mol. The molecule has 5 atom stereocenters. The van der Waals surface area contributed by atoms with Crippen molar-refractivity contribution in [1.29, 1.82) is 0 Å². The number of nitrogens with zero attached hydrogens (tertiary/aromatic N) is 1. The van der Waals surface area contributed by atoms with E-state index in [2.05, 4.69) is 5.32 Å². The van der Waals surface area contributed by atoms with E-state index in [0.717, 1.165) is 16.5 Å². The molecule has 3 saturated heterocycles. The second kappa shape index (κ2) is 14.1. The number of amides is 1. The summed E-state index contributed by atoms with van der Waals surface area (Å²) in [6.07, 6.45) is -1.42. The van der Waals surface area contributed by atoms with Crippen LogP contribution in [0.1, 0.15) is 24.8 Å². The standard InChI is InChI=1S/C29H38N2O10S/c1-36-21-7-9-23(10-8-21)42(34,35)31(41-22-11-14-37-15-12-22)18-26(32)25(17-20-5-3-2-4-6-20)30-29(33)40-27-19-39-28-24(27)13-16-38-28/h2-10,22,24-28,32H,11-19H2,1H3,(H,30,33)/t24-,25-,26-,27-,28+/m0/s1. The van der Waals surface area contributed by atoms with Gasteiger partial charge in [0.1, 0.15) is 11.9 Å². The van der Waals surface area contributed by atoms with Gasteiger partial charge in [-0.15, -0.1) is 0 Å². The first-order valence-corrected chi connectivity index (χ1v) is 15.6. The number of nitrogens with one attached hydrogen (secondary N) is 1. The van der Waals surface area contributed by atoms with Gasteiger partial charge in [0.15, 0.2) is 6.29 Å². The number of aliphatic hydroxyl groups is 1. The predicted octanol–water partition coefficient (Wildman–Crippen LogP) is 2.26. The first-order chi connectivity index (χ1) is 20.3. The fourth-order valence-corrected chi connectivity index (χ4v) is 6.61. The van der Waals surface area contributed by atoms with E-state index in [-0.39, 0.29) is 30.1 Å². The molecular weight excluding hydrogens is 568 g/mol. The van der Waals surface area contributed by atoms with E-state index in [1.807, 2.05) is 30.3 Å². The Labute approximate surface area is 245 Å². The van der Waals surface area contributed by atoms with Gasteiger partial charge in [0, 0.05) is 13.2 Å². The molecule has 0 aliphatic carbocycles. The summed E-state index contributed by atoms with van der Waals surface area (Å²) < 4.78 is 55.7. The number of aliphatic hydroxyl groups excluding tert-OH is 1. The van der Waals surface area contributed by atoms with Crippen LogP contribution in [0.4, 0.5) is 4.79 Å². The van der Waals surface area contributed by atoms with Crippen LogP contribution in [0.5, 0.6) is 5.75 Å². The number of methoxy groups -OCH3 is 1. The van der Waals surface area contributed by atoms with Gasteiger partial charge in [-0.25, -0.2) is 13.2 Å². The number of benzene rings is 2. The Morgan fingerprint density at radius 3 is 2.50 bits per heavy atom. The van der Waals surface area contributed by atoms with Crippen molar-refractivity contribution in [2.75, 3.05) is 40.1 Å². The van der Waals surface area contributed by atoms with Gasteiger partial charge in [-0.05, 0) is 55.5 Å².